The average molecular weight is 336 g/mol. The van der Waals surface area contributed by atoms with E-state index in [9.17, 15) is 19.4 Å². The molecule has 1 N–H and O–H groups in total. The number of β-amino-alcohol motifs (C(OH)–C–C–N with tert-alkyl or cyclic N) is 1. The maximum Gasteiger partial charge on any atom is 0.267 e. The lowest BCUT2D eigenvalue weighted by molar-refractivity contribution is -0.226. The van der Waals surface area contributed by atoms with Gasteiger partial charge in [-0.25, -0.2) is 0 Å². The normalized spacial score (nSPS) is 24.5. The number of phosphoric acid groups is 1. The molecular formula is C14H27NO6P-. The Morgan fingerprint density at radius 1 is 1.32 bits per heavy atom. The summed E-state index contributed by atoms with van der Waals surface area (Å²) in [5.41, 5.74) is 0. The SMILES string of the molecule is CCCCCCC(=O)N1C[C@H](O)CC1COP(=O)([O-])OCC. The molecule has 2 unspecified atom stereocenters. The molecule has 1 aliphatic heterocycles. The van der Waals surface area contributed by atoms with E-state index in [1.54, 1.807) is 6.92 Å². The third-order valence-corrected chi connectivity index (χ3v) is 4.71. The van der Waals surface area contributed by atoms with Gasteiger partial charge in [-0.2, -0.15) is 0 Å². The van der Waals surface area contributed by atoms with Gasteiger partial charge in [0.2, 0.25) is 5.91 Å². The fourth-order valence-corrected chi connectivity index (χ4v) is 3.32. The smallest absolute Gasteiger partial charge is 0.267 e. The van der Waals surface area contributed by atoms with Gasteiger partial charge in [-0.05, 0) is 19.8 Å². The number of aliphatic hydroxyl groups excluding tert-OH is 1. The van der Waals surface area contributed by atoms with Crippen molar-refractivity contribution in [2.24, 2.45) is 0 Å². The summed E-state index contributed by atoms with van der Waals surface area (Å²) >= 11 is 0. The minimum atomic E-state index is -4.32. The molecule has 130 valence electrons. The van der Waals surface area contributed by atoms with Gasteiger partial charge in [0.25, 0.3) is 7.82 Å². The zero-order valence-electron chi connectivity index (χ0n) is 13.4. The number of phosphoric ester groups is 1. The Kier molecular flexibility index (Phi) is 8.57. The second-order valence-electron chi connectivity index (χ2n) is 5.56. The molecule has 0 aromatic rings. The molecule has 0 saturated carbocycles. The Morgan fingerprint density at radius 2 is 2.05 bits per heavy atom. The molecule has 0 spiro atoms. The van der Waals surface area contributed by atoms with Crippen molar-refractivity contribution in [3.63, 3.8) is 0 Å². The molecule has 22 heavy (non-hydrogen) atoms. The zero-order chi connectivity index (χ0) is 16.6. The van der Waals surface area contributed by atoms with Gasteiger partial charge in [0, 0.05) is 13.0 Å². The van der Waals surface area contributed by atoms with Crippen molar-refractivity contribution in [2.45, 2.75) is 64.5 Å². The number of hydrogen-bond acceptors (Lipinski definition) is 6. The molecule has 7 nitrogen and oxygen atoms in total. The summed E-state index contributed by atoms with van der Waals surface area (Å²) in [5, 5.41) is 9.73. The van der Waals surface area contributed by atoms with E-state index in [1.807, 2.05) is 0 Å². The van der Waals surface area contributed by atoms with Crippen LogP contribution >= 0.6 is 7.82 Å². The van der Waals surface area contributed by atoms with Gasteiger partial charge in [0.1, 0.15) is 0 Å². The van der Waals surface area contributed by atoms with Gasteiger partial charge in [-0.1, -0.05) is 26.2 Å². The highest BCUT2D eigenvalue weighted by atomic mass is 31.2. The molecule has 0 aromatic carbocycles. The van der Waals surface area contributed by atoms with E-state index in [4.69, 9.17) is 4.52 Å². The molecule has 1 amide bonds. The maximum absolute atomic E-state index is 12.2. The van der Waals surface area contributed by atoms with Gasteiger partial charge in [0.05, 0.1) is 25.4 Å². The van der Waals surface area contributed by atoms with E-state index < -0.39 is 20.0 Å². The van der Waals surface area contributed by atoms with Crippen LogP contribution in [-0.2, 0) is 18.4 Å². The Labute approximate surface area is 132 Å². The molecule has 1 fully saturated rings. The second-order valence-corrected chi connectivity index (χ2v) is 6.97. The van der Waals surface area contributed by atoms with E-state index in [-0.39, 0.29) is 25.7 Å². The van der Waals surface area contributed by atoms with Crippen molar-refractivity contribution >= 4 is 13.7 Å². The number of carbonyl (C=O) groups excluding carboxylic acids is 1. The third-order valence-electron chi connectivity index (χ3n) is 3.67. The molecule has 8 heteroatoms. The molecular weight excluding hydrogens is 309 g/mol. The molecule has 1 aliphatic rings. The van der Waals surface area contributed by atoms with Gasteiger partial charge in [0.15, 0.2) is 0 Å². The summed E-state index contributed by atoms with van der Waals surface area (Å²) in [6.45, 7) is 3.73. The van der Waals surface area contributed by atoms with Crippen LogP contribution in [0.5, 0.6) is 0 Å². The zero-order valence-corrected chi connectivity index (χ0v) is 14.3. The number of unbranched alkanes of at least 4 members (excludes halogenated alkanes) is 3. The van der Waals surface area contributed by atoms with E-state index in [0.717, 1.165) is 25.7 Å². The van der Waals surface area contributed by atoms with Gasteiger partial charge >= 0.3 is 0 Å². The minimum Gasteiger partial charge on any atom is -0.756 e. The molecule has 1 saturated heterocycles. The van der Waals surface area contributed by atoms with Crippen molar-refractivity contribution in [3.05, 3.63) is 0 Å². The first-order chi connectivity index (χ1) is 10.4. The van der Waals surface area contributed by atoms with Gasteiger partial charge < -0.3 is 23.9 Å². The molecule has 0 aromatic heterocycles. The van der Waals surface area contributed by atoms with Crippen molar-refractivity contribution in [3.8, 4) is 0 Å². The number of hydrogen-bond donors (Lipinski definition) is 1. The molecule has 0 aliphatic carbocycles. The summed E-state index contributed by atoms with van der Waals surface area (Å²) in [6.07, 6.45) is 4.12. The fraction of sp³-hybridized carbons (Fsp3) is 0.929. The van der Waals surface area contributed by atoms with Gasteiger partial charge in [-0.15, -0.1) is 0 Å². The average Bonchev–Trinajstić information content (AvgIpc) is 2.82. The highest BCUT2D eigenvalue weighted by molar-refractivity contribution is 7.45. The van der Waals surface area contributed by atoms with Crippen molar-refractivity contribution < 1.29 is 28.4 Å². The van der Waals surface area contributed by atoms with Crippen LogP contribution in [0, 0.1) is 0 Å². The standard InChI is InChI=1S/C14H28NO6P/c1-3-5-6-7-8-14(17)15-10-13(16)9-12(15)11-21-22(18,19)20-4-2/h12-13,16H,3-11H2,1-2H3,(H,18,19)/p-1/t12?,13-/m1/s1. The summed E-state index contributed by atoms with van der Waals surface area (Å²) < 4.78 is 20.7. The van der Waals surface area contributed by atoms with Crippen LogP contribution in [0.2, 0.25) is 0 Å². The van der Waals surface area contributed by atoms with Crippen LogP contribution in [0.25, 0.3) is 0 Å². The number of rotatable bonds is 10. The Morgan fingerprint density at radius 3 is 2.68 bits per heavy atom. The minimum absolute atomic E-state index is 0.00808. The van der Waals surface area contributed by atoms with Crippen LogP contribution < -0.4 is 4.89 Å². The topological polar surface area (TPSA) is 99.1 Å². The fourth-order valence-electron chi connectivity index (χ4n) is 2.57. The van der Waals surface area contributed by atoms with Crippen LogP contribution in [-0.4, -0.2) is 47.8 Å². The summed E-state index contributed by atoms with van der Waals surface area (Å²) in [5.74, 6) is -0.0570. The molecule has 0 bridgehead atoms. The van der Waals surface area contributed by atoms with Crippen molar-refractivity contribution in [2.75, 3.05) is 19.8 Å². The first-order valence-electron chi connectivity index (χ1n) is 7.97. The quantitative estimate of drug-likeness (QED) is 0.479. The lowest BCUT2D eigenvalue weighted by Crippen LogP contribution is -2.38. The first-order valence-corrected chi connectivity index (χ1v) is 9.43. The van der Waals surface area contributed by atoms with Crippen LogP contribution in [0.1, 0.15) is 52.4 Å². The van der Waals surface area contributed by atoms with E-state index in [1.165, 1.54) is 4.90 Å². The predicted octanol–water partition coefficient (Wildman–Crippen LogP) is 1.44. The molecule has 1 rings (SSSR count). The van der Waals surface area contributed by atoms with E-state index in [2.05, 4.69) is 11.4 Å². The lowest BCUT2D eigenvalue weighted by Gasteiger charge is -2.28. The van der Waals surface area contributed by atoms with Crippen LogP contribution in [0.4, 0.5) is 0 Å². The lowest BCUT2D eigenvalue weighted by atomic mass is 10.1. The van der Waals surface area contributed by atoms with Crippen LogP contribution in [0.3, 0.4) is 0 Å². The van der Waals surface area contributed by atoms with Gasteiger partial charge in [-0.3, -0.25) is 9.36 Å². The van der Waals surface area contributed by atoms with E-state index in [0.29, 0.717) is 12.8 Å². The highest BCUT2D eigenvalue weighted by Crippen LogP contribution is 2.39. The number of carbonyl (C=O) groups is 1. The summed E-state index contributed by atoms with van der Waals surface area (Å²) in [6, 6.07) is -0.420. The van der Waals surface area contributed by atoms with Crippen molar-refractivity contribution in [1.29, 1.82) is 0 Å². The first kappa shape index (κ1) is 19.6. The van der Waals surface area contributed by atoms with E-state index >= 15 is 0 Å². The predicted molar refractivity (Wildman–Crippen MR) is 80.1 cm³/mol. The highest BCUT2D eigenvalue weighted by Gasteiger charge is 2.34. The Bertz CT molecular complexity index is 392. The Balaban J connectivity index is 2.46. The monoisotopic (exact) mass is 336 g/mol. The summed E-state index contributed by atoms with van der Waals surface area (Å²) in [4.78, 5) is 25.1. The van der Waals surface area contributed by atoms with Crippen molar-refractivity contribution in [1.82, 2.24) is 4.90 Å². The second kappa shape index (κ2) is 9.63. The number of aliphatic hydroxyl groups is 1. The number of nitrogens with zero attached hydrogens (tertiary/aromatic N) is 1. The molecule has 1 heterocycles. The maximum atomic E-state index is 12.2. The third kappa shape index (κ3) is 6.75. The molecule has 0 radical (unpaired) electrons. The number of amides is 1. The Hall–Kier alpha value is -0.460. The summed E-state index contributed by atoms with van der Waals surface area (Å²) in [7, 11) is -4.32. The van der Waals surface area contributed by atoms with Crippen LogP contribution in [0.15, 0.2) is 0 Å². The molecule has 3 atom stereocenters. The number of likely N-dealkylation sites (tertiary alicyclic amines) is 1. The largest absolute Gasteiger partial charge is 0.756 e.